The van der Waals surface area contributed by atoms with Gasteiger partial charge >= 0.3 is 6.03 Å². The summed E-state index contributed by atoms with van der Waals surface area (Å²) in [5.74, 6) is 0.401. The normalized spacial score (nSPS) is 20.3. The zero-order chi connectivity index (χ0) is 17.6. The average Bonchev–Trinajstić information content (AvgIpc) is 3.06. The van der Waals surface area contributed by atoms with Gasteiger partial charge in [-0.1, -0.05) is 42.5 Å². The van der Waals surface area contributed by atoms with E-state index in [1.165, 1.54) is 4.90 Å². The number of aryl methyl sites for hydroxylation is 1. The van der Waals surface area contributed by atoms with Crippen LogP contribution in [0.1, 0.15) is 18.3 Å². The smallest absolute Gasteiger partial charge is 0.325 e. The van der Waals surface area contributed by atoms with Crippen molar-refractivity contribution in [3.8, 4) is 0 Å². The van der Waals surface area contributed by atoms with Gasteiger partial charge in [0.1, 0.15) is 11.4 Å². The zero-order valence-electron chi connectivity index (χ0n) is 14.1. The topological polar surface area (TPSA) is 67.2 Å². The van der Waals surface area contributed by atoms with Crippen molar-refractivity contribution in [2.24, 2.45) is 7.05 Å². The summed E-state index contributed by atoms with van der Waals surface area (Å²) in [5, 5.41) is 2.82. The number of hydrogen-bond donors (Lipinski definition) is 1. The fraction of sp³-hybridized carbons (Fsp3) is 0.211. The first kappa shape index (κ1) is 15.4. The lowest BCUT2D eigenvalue weighted by Gasteiger charge is -2.22. The molecule has 0 radical (unpaired) electrons. The van der Waals surface area contributed by atoms with Crippen LogP contribution in [0.3, 0.4) is 0 Å². The van der Waals surface area contributed by atoms with Crippen LogP contribution in [-0.2, 0) is 23.9 Å². The molecule has 6 heteroatoms. The van der Waals surface area contributed by atoms with Crippen LogP contribution in [0.5, 0.6) is 0 Å². The van der Waals surface area contributed by atoms with Crippen LogP contribution < -0.4 is 5.32 Å². The summed E-state index contributed by atoms with van der Waals surface area (Å²) >= 11 is 0. The van der Waals surface area contributed by atoms with E-state index in [0.29, 0.717) is 5.82 Å². The number of benzene rings is 2. The number of carbonyl (C=O) groups excluding carboxylic acids is 2. The van der Waals surface area contributed by atoms with Crippen LogP contribution in [0.4, 0.5) is 4.79 Å². The minimum Gasteiger partial charge on any atom is -0.330 e. The first-order valence-electron chi connectivity index (χ1n) is 8.10. The molecule has 2 heterocycles. The number of hydrogen-bond acceptors (Lipinski definition) is 3. The molecule has 3 aromatic rings. The van der Waals surface area contributed by atoms with E-state index in [-0.39, 0.29) is 12.5 Å². The lowest BCUT2D eigenvalue weighted by atomic mass is 9.92. The largest absolute Gasteiger partial charge is 0.330 e. The number of nitrogens with one attached hydrogen (secondary N) is 1. The van der Waals surface area contributed by atoms with Crippen molar-refractivity contribution in [3.63, 3.8) is 0 Å². The lowest BCUT2D eigenvalue weighted by molar-refractivity contribution is -0.131. The first-order valence-corrected chi connectivity index (χ1v) is 8.10. The third kappa shape index (κ3) is 2.29. The minimum atomic E-state index is -1.05. The number of carbonyl (C=O) groups is 2. The second-order valence-electron chi connectivity index (χ2n) is 6.39. The Balaban J connectivity index is 1.68. The van der Waals surface area contributed by atoms with E-state index >= 15 is 0 Å². The van der Waals surface area contributed by atoms with Gasteiger partial charge in [0.2, 0.25) is 0 Å². The Kier molecular flexibility index (Phi) is 3.35. The van der Waals surface area contributed by atoms with Gasteiger partial charge in [0.15, 0.2) is 0 Å². The molecule has 3 amide bonds. The van der Waals surface area contributed by atoms with Crippen LogP contribution in [0.15, 0.2) is 54.6 Å². The maximum absolute atomic E-state index is 13.0. The van der Waals surface area contributed by atoms with Crippen LogP contribution in [0, 0.1) is 0 Å². The molecule has 1 aromatic heterocycles. The molecule has 1 fully saturated rings. The molecule has 0 unspecified atom stereocenters. The van der Waals surface area contributed by atoms with Gasteiger partial charge in [-0.15, -0.1) is 0 Å². The van der Waals surface area contributed by atoms with Gasteiger partial charge in [-0.25, -0.2) is 9.78 Å². The average molecular weight is 334 g/mol. The highest BCUT2D eigenvalue weighted by molar-refractivity contribution is 6.07. The van der Waals surface area contributed by atoms with Crippen LogP contribution in [0.25, 0.3) is 11.0 Å². The second kappa shape index (κ2) is 5.44. The Labute approximate surface area is 145 Å². The first-order chi connectivity index (χ1) is 12.0. The van der Waals surface area contributed by atoms with E-state index < -0.39 is 11.6 Å². The van der Waals surface area contributed by atoms with Crippen molar-refractivity contribution < 1.29 is 9.59 Å². The third-order valence-electron chi connectivity index (χ3n) is 4.81. The van der Waals surface area contributed by atoms with Crippen molar-refractivity contribution in [2.75, 3.05) is 0 Å². The van der Waals surface area contributed by atoms with Crippen molar-refractivity contribution >= 4 is 23.0 Å². The van der Waals surface area contributed by atoms with Crippen LogP contribution >= 0.6 is 0 Å². The molecule has 1 N–H and O–H groups in total. The number of aromatic nitrogens is 2. The fourth-order valence-corrected chi connectivity index (χ4v) is 3.29. The van der Waals surface area contributed by atoms with E-state index in [1.54, 1.807) is 6.92 Å². The van der Waals surface area contributed by atoms with Crippen molar-refractivity contribution in [1.82, 2.24) is 19.8 Å². The lowest BCUT2D eigenvalue weighted by Crippen LogP contribution is -2.40. The quantitative estimate of drug-likeness (QED) is 0.749. The molecule has 0 bridgehead atoms. The summed E-state index contributed by atoms with van der Waals surface area (Å²) < 4.78 is 1.91. The molecule has 1 aliphatic heterocycles. The Morgan fingerprint density at radius 3 is 2.44 bits per heavy atom. The highest BCUT2D eigenvalue weighted by atomic mass is 16.2. The number of rotatable bonds is 3. The molecular weight excluding hydrogens is 316 g/mol. The van der Waals surface area contributed by atoms with Gasteiger partial charge in [-0.2, -0.15) is 0 Å². The number of amides is 3. The summed E-state index contributed by atoms with van der Waals surface area (Å²) in [4.78, 5) is 31.2. The summed E-state index contributed by atoms with van der Waals surface area (Å²) in [5.41, 5.74) is 1.53. The molecule has 1 saturated heterocycles. The SMILES string of the molecule is Cn1c(CN2C(=O)N[C@](C)(c3ccccc3)C2=O)nc2ccccc21. The molecule has 0 spiro atoms. The second-order valence-corrected chi connectivity index (χ2v) is 6.39. The summed E-state index contributed by atoms with van der Waals surface area (Å²) in [7, 11) is 1.89. The van der Waals surface area contributed by atoms with Crippen LogP contribution in [-0.4, -0.2) is 26.4 Å². The molecule has 2 aromatic carbocycles. The summed E-state index contributed by atoms with van der Waals surface area (Å²) in [6, 6.07) is 16.6. The molecule has 0 aliphatic carbocycles. The molecule has 1 atom stereocenters. The number of imidazole rings is 1. The van der Waals surface area contributed by atoms with Gasteiger partial charge in [0, 0.05) is 7.05 Å². The number of fused-ring (bicyclic) bond motifs is 1. The van der Waals surface area contributed by atoms with Crippen LogP contribution in [0.2, 0.25) is 0 Å². The van der Waals surface area contributed by atoms with E-state index in [4.69, 9.17) is 0 Å². The van der Waals surface area contributed by atoms with E-state index in [1.807, 2.05) is 66.2 Å². The number of urea groups is 1. The Morgan fingerprint density at radius 2 is 1.72 bits per heavy atom. The number of nitrogens with zero attached hydrogens (tertiary/aromatic N) is 3. The van der Waals surface area contributed by atoms with Gasteiger partial charge < -0.3 is 9.88 Å². The summed E-state index contributed by atoms with van der Waals surface area (Å²) in [6.45, 7) is 1.87. The monoisotopic (exact) mass is 334 g/mol. The van der Waals surface area contributed by atoms with Crippen molar-refractivity contribution in [1.29, 1.82) is 0 Å². The molecule has 6 nitrogen and oxygen atoms in total. The Morgan fingerprint density at radius 1 is 1.04 bits per heavy atom. The molecular formula is C19H18N4O2. The molecule has 126 valence electrons. The predicted molar refractivity (Wildman–Crippen MR) is 93.6 cm³/mol. The van der Waals surface area contributed by atoms with Crippen molar-refractivity contribution in [2.45, 2.75) is 19.0 Å². The van der Waals surface area contributed by atoms with E-state index in [2.05, 4.69) is 10.3 Å². The number of imide groups is 1. The fourth-order valence-electron chi connectivity index (χ4n) is 3.29. The third-order valence-corrected chi connectivity index (χ3v) is 4.81. The Hall–Kier alpha value is -3.15. The maximum atomic E-state index is 13.0. The van der Waals surface area contributed by atoms with Gasteiger partial charge in [-0.3, -0.25) is 9.69 Å². The van der Waals surface area contributed by atoms with E-state index in [0.717, 1.165) is 16.6 Å². The zero-order valence-corrected chi connectivity index (χ0v) is 14.1. The van der Waals surface area contributed by atoms with Gasteiger partial charge in [0.25, 0.3) is 5.91 Å². The molecule has 25 heavy (non-hydrogen) atoms. The number of para-hydroxylation sites is 2. The highest BCUT2D eigenvalue weighted by Gasteiger charge is 2.49. The minimum absolute atomic E-state index is 0.137. The van der Waals surface area contributed by atoms with Crippen molar-refractivity contribution in [3.05, 3.63) is 66.0 Å². The highest BCUT2D eigenvalue weighted by Crippen LogP contribution is 2.29. The van der Waals surface area contributed by atoms with Gasteiger partial charge in [0.05, 0.1) is 17.6 Å². The standard InChI is InChI=1S/C19H18N4O2/c1-19(13-8-4-3-5-9-13)17(24)23(18(25)21-19)12-16-20-14-10-6-7-11-15(14)22(16)2/h3-11H,12H2,1-2H3,(H,21,25)/t19-/m1/s1. The maximum Gasteiger partial charge on any atom is 0.325 e. The van der Waals surface area contributed by atoms with E-state index in [9.17, 15) is 9.59 Å². The molecule has 4 rings (SSSR count). The predicted octanol–water partition coefficient (Wildman–Crippen LogP) is 2.54. The molecule has 1 aliphatic rings. The Bertz CT molecular complexity index is 980. The van der Waals surface area contributed by atoms with Gasteiger partial charge in [-0.05, 0) is 24.6 Å². The summed E-state index contributed by atoms with van der Waals surface area (Å²) in [6.07, 6.45) is 0. The molecule has 0 saturated carbocycles.